The van der Waals surface area contributed by atoms with Gasteiger partial charge in [-0.3, -0.25) is 9.20 Å². The molecule has 4 aromatic rings. The van der Waals surface area contributed by atoms with Crippen LogP contribution in [0.1, 0.15) is 18.2 Å². The van der Waals surface area contributed by atoms with Gasteiger partial charge in [-0.05, 0) is 48.4 Å². The maximum absolute atomic E-state index is 13.1. The minimum Gasteiger partial charge on any atom is -0.326 e. The van der Waals surface area contributed by atoms with Crippen LogP contribution in [0.15, 0.2) is 60.1 Å². The summed E-state index contributed by atoms with van der Waals surface area (Å²) in [5, 5.41) is 4.87. The first-order valence-electron chi connectivity index (χ1n) is 8.72. The van der Waals surface area contributed by atoms with Crippen LogP contribution in [0.4, 0.5) is 10.1 Å². The van der Waals surface area contributed by atoms with E-state index in [1.54, 1.807) is 12.1 Å². The number of benzene rings is 2. The van der Waals surface area contributed by atoms with Gasteiger partial charge in [0.05, 0.1) is 12.1 Å². The highest BCUT2D eigenvalue weighted by Gasteiger charge is 2.13. The van der Waals surface area contributed by atoms with Crippen molar-refractivity contribution in [1.82, 2.24) is 9.38 Å². The first kappa shape index (κ1) is 17.4. The highest BCUT2D eigenvalue weighted by atomic mass is 32.1. The summed E-state index contributed by atoms with van der Waals surface area (Å²) < 4.78 is 15.0. The number of amides is 1. The summed E-state index contributed by atoms with van der Waals surface area (Å²) in [5.74, 6) is -0.347. The maximum Gasteiger partial charge on any atom is 0.230 e. The second-order valence-electron chi connectivity index (χ2n) is 6.29. The molecule has 0 aliphatic carbocycles. The topological polar surface area (TPSA) is 46.4 Å². The first-order valence-corrected chi connectivity index (χ1v) is 9.60. The van der Waals surface area contributed by atoms with Crippen LogP contribution in [0, 0.1) is 5.82 Å². The molecule has 2 aromatic carbocycles. The highest BCUT2D eigenvalue weighted by molar-refractivity contribution is 7.15. The van der Waals surface area contributed by atoms with Gasteiger partial charge in [0.15, 0.2) is 4.96 Å². The number of carbonyl (C=O) groups excluding carboxylic acids is 1. The number of fused-ring (bicyclic) bond motifs is 1. The Bertz CT molecular complexity index is 1080. The Morgan fingerprint density at radius 2 is 1.89 bits per heavy atom. The third kappa shape index (κ3) is 3.75. The van der Waals surface area contributed by atoms with Crippen LogP contribution in [0.25, 0.3) is 16.2 Å². The minimum atomic E-state index is -0.274. The van der Waals surface area contributed by atoms with Crippen molar-refractivity contribution in [3.8, 4) is 11.3 Å². The molecule has 0 saturated heterocycles. The number of hydrogen-bond acceptors (Lipinski definition) is 3. The molecule has 0 unspecified atom stereocenters. The quantitative estimate of drug-likeness (QED) is 0.534. The summed E-state index contributed by atoms with van der Waals surface area (Å²) in [4.78, 5) is 17.8. The monoisotopic (exact) mass is 379 g/mol. The minimum absolute atomic E-state index is 0.0732. The average molecular weight is 379 g/mol. The molecule has 4 nitrogen and oxygen atoms in total. The van der Waals surface area contributed by atoms with Gasteiger partial charge >= 0.3 is 0 Å². The molecule has 0 saturated carbocycles. The summed E-state index contributed by atoms with van der Waals surface area (Å²) >= 11 is 1.48. The van der Waals surface area contributed by atoms with E-state index in [0.717, 1.165) is 34.0 Å². The zero-order valence-electron chi connectivity index (χ0n) is 14.8. The molecule has 0 atom stereocenters. The van der Waals surface area contributed by atoms with Crippen molar-refractivity contribution < 1.29 is 9.18 Å². The second kappa shape index (κ2) is 7.32. The van der Waals surface area contributed by atoms with Gasteiger partial charge in [-0.15, -0.1) is 11.3 Å². The molecular formula is C21H18FN3OS. The van der Waals surface area contributed by atoms with E-state index >= 15 is 0 Å². The molecule has 0 aliphatic rings. The highest BCUT2D eigenvalue weighted by Crippen LogP contribution is 2.24. The lowest BCUT2D eigenvalue weighted by atomic mass is 10.1. The van der Waals surface area contributed by atoms with Gasteiger partial charge in [-0.25, -0.2) is 9.37 Å². The second-order valence-corrected chi connectivity index (χ2v) is 7.12. The lowest BCUT2D eigenvalue weighted by Gasteiger charge is -2.05. The standard InChI is InChI=1S/C21H18FN3OS/c1-2-14-3-9-17(10-4-14)23-20(26)11-18-13-27-21-24-19(12-25(18)21)15-5-7-16(22)8-6-15/h3-10,12-13H,2,11H2,1H3,(H,23,26). The maximum atomic E-state index is 13.1. The average Bonchev–Trinajstić information content (AvgIpc) is 3.25. The molecule has 1 N–H and O–H groups in total. The van der Waals surface area contributed by atoms with Crippen LogP contribution in [-0.4, -0.2) is 15.3 Å². The van der Waals surface area contributed by atoms with Crippen LogP contribution in [0.5, 0.6) is 0 Å². The number of hydrogen-bond donors (Lipinski definition) is 1. The van der Waals surface area contributed by atoms with Crippen LogP contribution in [-0.2, 0) is 17.6 Å². The predicted molar refractivity (Wildman–Crippen MR) is 107 cm³/mol. The third-order valence-corrected chi connectivity index (χ3v) is 5.30. The molecule has 4 rings (SSSR count). The van der Waals surface area contributed by atoms with E-state index in [9.17, 15) is 9.18 Å². The van der Waals surface area contributed by atoms with Crippen molar-refractivity contribution in [3.05, 3.63) is 77.2 Å². The van der Waals surface area contributed by atoms with Gasteiger partial charge < -0.3 is 5.32 Å². The van der Waals surface area contributed by atoms with E-state index in [1.165, 1.54) is 29.0 Å². The van der Waals surface area contributed by atoms with Crippen LogP contribution >= 0.6 is 11.3 Å². The van der Waals surface area contributed by atoms with E-state index in [0.29, 0.717) is 0 Å². The Balaban J connectivity index is 1.51. The summed E-state index contributed by atoms with van der Waals surface area (Å²) in [7, 11) is 0. The van der Waals surface area contributed by atoms with Crippen molar-refractivity contribution >= 4 is 27.9 Å². The molecule has 0 fully saturated rings. The number of nitrogens with zero attached hydrogens (tertiary/aromatic N) is 2. The van der Waals surface area contributed by atoms with Crippen molar-refractivity contribution in [1.29, 1.82) is 0 Å². The zero-order chi connectivity index (χ0) is 18.8. The number of halogens is 1. The first-order chi connectivity index (χ1) is 13.1. The zero-order valence-corrected chi connectivity index (χ0v) is 15.6. The number of thiazole rings is 1. The number of carbonyl (C=O) groups is 1. The Morgan fingerprint density at radius 3 is 2.59 bits per heavy atom. The largest absolute Gasteiger partial charge is 0.326 e. The molecule has 0 bridgehead atoms. The Labute approximate surface area is 160 Å². The molecule has 0 aliphatic heterocycles. The van der Waals surface area contributed by atoms with Crippen LogP contribution < -0.4 is 5.32 Å². The van der Waals surface area contributed by atoms with E-state index in [2.05, 4.69) is 17.2 Å². The fraction of sp³-hybridized carbons (Fsp3) is 0.143. The summed E-state index contributed by atoms with van der Waals surface area (Å²) in [6, 6.07) is 14.1. The van der Waals surface area contributed by atoms with Gasteiger partial charge in [-0.2, -0.15) is 0 Å². The van der Waals surface area contributed by atoms with Crippen molar-refractivity contribution in [2.75, 3.05) is 5.32 Å². The Hall–Kier alpha value is -2.99. The van der Waals surface area contributed by atoms with Gasteiger partial charge in [0.1, 0.15) is 5.82 Å². The lowest BCUT2D eigenvalue weighted by molar-refractivity contribution is -0.115. The molecule has 1 amide bonds. The molecule has 6 heteroatoms. The molecule has 0 spiro atoms. The molecule has 0 radical (unpaired) electrons. The smallest absolute Gasteiger partial charge is 0.230 e. The van der Waals surface area contributed by atoms with E-state index in [4.69, 9.17) is 0 Å². The summed E-state index contributed by atoms with van der Waals surface area (Å²) in [6.07, 6.45) is 3.12. The van der Waals surface area contributed by atoms with Crippen LogP contribution in [0.3, 0.4) is 0 Å². The van der Waals surface area contributed by atoms with Crippen molar-refractivity contribution in [3.63, 3.8) is 0 Å². The third-order valence-electron chi connectivity index (χ3n) is 4.41. The molecule has 27 heavy (non-hydrogen) atoms. The Morgan fingerprint density at radius 1 is 1.15 bits per heavy atom. The summed E-state index contributed by atoms with van der Waals surface area (Å²) in [5.41, 5.74) is 4.51. The molecule has 2 heterocycles. The fourth-order valence-electron chi connectivity index (χ4n) is 2.91. The summed E-state index contributed by atoms with van der Waals surface area (Å²) in [6.45, 7) is 2.10. The van der Waals surface area contributed by atoms with Crippen molar-refractivity contribution in [2.24, 2.45) is 0 Å². The molecule has 136 valence electrons. The fourth-order valence-corrected chi connectivity index (χ4v) is 3.78. The van der Waals surface area contributed by atoms with Gasteiger partial charge in [0.2, 0.25) is 5.91 Å². The Kier molecular flexibility index (Phi) is 4.73. The number of nitrogens with one attached hydrogen (secondary N) is 1. The number of aromatic nitrogens is 2. The van der Waals surface area contributed by atoms with Crippen molar-refractivity contribution in [2.45, 2.75) is 19.8 Å². The molecular weight excluding hydrogens is 361 g/mol. The van der Waals surface area contributed by atoms with Crippen LogP contribution in [0.2, 0.25) is 0 Å². The number of rotatable bonds is 5. The van der Waals surface area contributed by atoms with E-state index in [-0.39, 0.29) is 18.1 Å². The number of imidazole rings is 1. The van der Waals surface area contributed by atoms with Gasteiger partial charge in [0, 0.05) is 28.5 Å². The number of aryl methyl sites for hydroxylation is 1. The van der Waals surface area contributed by atoms with Gasteiger partial charge in [-0.1, -0.05) is 19.1 Å². The lowest BCUT2D eigenvalue weighted by Crippen LogP contribution is -2.15. The van der Waals surface area contributed by atoms with Gasteiger partial charge in [0.25, 0.3) is 0 Å². The number of anilines is 1. The normalized spacial score (nSPS) is 11.0. The molecule has 2 aromatic heterocycles. The van der Waals surface area contributed by atoms with E-state index < -0.39 is 0 Å². The SMILES string of the molecule is CCc1ccc(NC(=O)Cc2csc3nc(-c4ccc(F)cc4)cn23)cc1. The predicted octanol–water partition coefficient (Wildman–Crippen LogP) is 4.95. The van der Waals surface area contributed by atoms with E-state index in [1.807, 2.05) is 40.2 Å².